The van der Waals surface area contributed by atoms with Gasteiger partial charge in [0.2, 0.25) is 5.91 Å². The number of aryl methyl sites for hydroxylation is 1. The Hall–Kier alpha value is -3.00. The van der Waals surface area contributed by atoms with Crippen LogP contribution in [-0.4, -0.2) is 54.1 Å². The van der Waals surface area contributed by atoms with Crippen molar-refractivity contribution in [1.82, 2.24) is 14.8 Å². The highest BCUT2D eigenvalue weighted by atomic mass is 32.1. The molecule has 4 rings (SSSR count). The lowest BCUT2D eigenvalue weighted by Crippen LogP contribution is -2.46. The lowest BCUT2D eigenvalue weighted by atomic mass is 9.96. The highest BCUT2D eigenvalue weighted by Crippen LogP contribution is 2.29. The Balaban J connectivity index is 1.33. The van der Waals surface area contributed by atoms with Crippen LogP contribution in [0.1, 0.15) is 49.7 Å². The molecule has 1 N–H and O–H groups in total. The van der Waals surface area contributed by atoms with Gasteiger partial charge in [0.15, 0.2) is 11.5 Å². The van der Waals surface area contributed by atoms with E-state index in [-0.39, 0.29) is 17.7 Å². The molecule has 188 valence electrons. The number of ether oxygens (including phenoxy) is 2. The van der Waals surface area contributed by atoms with Crippen molar-refractivity contribution in [2.75, 3.05) is 32.8 Å². The van der Waals surface area contributed by atoms with Crippen molar-refractivity contribution >= 4 is 33.4 Å². The van der Waals surface area contributed by atoms with Crippen LogP contribution in [-0.2, 0) is 17.8 Å². The molecule has 1 aliphatic heterocycles. The normalized spacial score (nSPS) is 15.9. The predicted octanol–water partition coefficient (Wildman–Crippen LogP) is 4.73. The van der Waals surface area contributed by atoms with Crippen molar-refractivity contribution in [3.05, 3.63) is 47.0 Å². The molecule has 2 amide bonds. The molecule has 35 heavy (non-hydrogen) atoms. The smallest absolute Gasteiger partial charge is 0.270 e. The van der Waals surface area contributed by atoms with E-state index in [1.165, 1.54) is 0 Å². The number of carbonyl (C=O) groups is 2. The third-order valence-corrected chi connectivity index (χ3v) is 7.31. The van der Waals surface area contributed by atoms with E-state index in [2.05, 4.69) is 28.3 Å². The summed E-state index contributed by atoms with van der Waals surface area (Å²) in [6.07, 6.45) is 2.34. The number of rotatable bonds is 10. The summed E-state index contributed by atoms with van der Waals surface area (Å²) in [5, 5.41) is 5.13. The summed E-state index contributed by atoms with van der Waals surface area (Å²) in [4.78, 5) is 28.1. The number of amides is 2. The summed E-state index contributed by atoms with van der Waals surface area (Å²) < 4.78 is 14.5. The molecule has 3 heterocycles. The number of piperidine rings is 1. The zero-order valence-corrected chi connectivity index (χ0v) is 21.7. The van der Waals surface area contributed by atoms with Gasteiger partial charge in [-0.2, -0.15) is 0 Å². The van der Waals surface area contributed by atoms with Gasteiger partial charge in [0.25, 0.3) is 5.91 Å². The van der Waals surface area contributed by atoms with Gasteiger partial charge in [-0.15, -0.1) is 11.3 Å². The number of nitrogens with one attached hydrogen (secondary N) is 1. The number of hydrogen-bond acceptors (Lipinski definition) is 5. The van der Waals surface area contributed by atoms with E-state index < -0.39 is 0 Å². The predicted molar refractivity (Wildman–Crippen MR) is 140 cm³/mol. The maximum Gasteiger partial charge on any atom is 0.270 e. The molecule has 3 aromatic rings. The fourth-order valence-corrected chi connectivity index (χ4v) is 5.58. The molecule has 8 heteroatoms. The summed E-state index contributed by atoms with van der Waals surface area (Å²) in [6.45, 7) is 9.54. The van der Waals surface area contributed by atoms with Crippen molar-refractivity contribution in [2.24, 2.45) is 5.92 Å². The van der Waals surface area contributed by atoms with E-state index in [9.17, 15) is 9.59 Å². The molecule has 7 nitrogen and oxygen atoms in total. The number of thiophene rings is 1. The molecular formula is C27H35N3O4S. The monoisotopic (exact) mass is 497 g/mol. The van der Waals surface area contributed by atoms with Gasteiger partial charge >= 0.3 is 0 Å². The second kappa shape index (κ2) is 11.6. The van der Waals surface area contributed by atoms with Crippen LogP contribution >= 0.6 is 11.3 Å². The molecule has 0 saturated carbocycles. The van der Waals surface area contributed by atoms with Gasteiger partial charge in [0, 0.05) is 26.2 Å². The van der Waals surface area contributed by atoms with Gasteiger partial charge in [-0.25, -0.2) is 0 Å². The molecular weight excluding hydrogens is 462 g/mol. The van der Waals surface area contributed by atoms with E-state index in [0.717, 1.165) is 52.4 Å². The van der Waals surface area contributed by atoms with Crippen LogP contribution in [0.4, 0.5) is 0 Å². The van der Waals surface area contributed by atoms with Gasteiger partial charge in [-0.05, 0) is 75.2 Å². The van der Waals surface area contributed by atoms with Crippen LogP contribution in [0.25, 0.3) is 10.2 Å². The Labute approximate surface area is 211 Å². The molecule has 1 atom stereocenters. The minimum absolute atomic E-state index is 0.0188. The van der Waals surface area contributed by atoms with Gasteiger partial charge in [-0.3, -0.25) is 9.59 Å². The van der Waals surface area contributed by atoms with Gasteiger partial charge in [0.1, 0.15) is 5.69 Å². The van der Waals surface area contributed by atoms with Crippen molar-refractivity contribution in [3.63, 3.8) is 0 Å². The van der Waals surface area contributed by atoms with Crippen LogP contribution in [0, 0.1) is 5.92 Å². The molecule has 0 unspecified atom stereocenters. The van der Waals surface area contributed by atoms with Gasteiger partial charge in [-0.1, -0.05) is 6.07 Å². The first kappa shape index (κ1) is 25.1. The fraction of sp³-hybridized carbons (Fsp3) is 0.481. The van der Waals surface area contributed by atoms with Gasteiger partial charge in [0.05, 0.1) is 29.3 Å². The number of likely N-dealkylation sites (tertiary alicyclic amines) is 1. The van der Waals surface area contributed by atoms with E-state index >= 15 is 0 Å². The average Bonchev–Trinajstić information content (AvgIpc) is 3.46. The van der Waals surface area contributed by atoms with Crippen LogP contribution in [0.15, 0.2) is 35.7 Å². The highest BCUT2D eigenvalue weighted by molar-refractivity contribution is 7.17. The minimum atomic E-state index is -0.182. The zero-order valence-electron chi connectivity index (χ0n) is 20.8. The first-order valence-corrected chi connectivity index (χ1v) is 13.5. The summed E-state index contributed by atoms with van der Waals surface area (Å²) in [7, 11) is 0. The fourth-order valence-electron chi connectivity index (χ4n) is 4.76. The van der Waals surface area contributed by atoms with E-state index in [0.29, 0.717) is 39.3 Å². The highest BCUT2D eigenvalue weighted by Gasteiger charge is 2.30. The van der Waals surface area contributed by atoms with E-state index in [1.54, 1.807) is 11.3 Å². The average molecular weight is 498 g/mol. The van der Waals surface area contributed by atoms with Crippen molar-refractivity contribution in [2.45, 2.75) is 46.6 Å². The Morgan fingerprint density at radius 3 is 2.66 bits per heavy atom. The number of carbonyl (C=O) groups excluding carboxylic acids is 2. The van der Waals surface area contributed by atoms with Crippen LogP contribution in [0.2, 0.25) is 0 Å². The quantitative estimate of drug-likeness (QED) is 0.440. The number of aromatic nitrogens is 1. The number of fused-ring (bicyclic) bond motifs is 1. The molecule has 0 aliphatic carbocycles. The third-order valence-electron chi connectivity index (χ3n) is 6.46. The van der Waals surface area contributed by atoms with Crippen molar-refractivity contribution < 1.29 is 19.1 Å². The second-order valence-electron chi connectivity index (χ2n) is 8.72. The minimum Gasteiger partial charge on any atom is -0.490 e. The summed E-state index contributed by atoms with van der Waals surface area (Å²) in [5.74, 6) is 1.33. The first-order chi connectivity index (χ1) is 17.0. The van der Waals surface area contributed by atoms with E-state index in [1.807, 2.05) is 43.0 Å². The molecule has 1 fully saturated rings. The molecule has 1 aromatic carbocycles. The van der Waals surface area contributed by atoms with E-state index in [4.69, 9.17) is 9.47 Å². The second-order valence-corrected chi connectivity index (χ2v) is 9.67. The Kier molecular flexibility index (Phi) is 8.33. The van der Waals surface area contributed by atoms with Gasteiger partial charge < -0.3 is 24.3 Å². The molecule has 0 radical (unpaired) electrons. The standard InChI is InChI=1S/C27H35N3O4S/c1-4-30-21-12-15-35-25(21)17-22(30)27(32)29-14-7-8-20(18-29)26(31)28-13-11-19-9-10-23(33-5-2)24(16-19)34-6-3/h9-10,12,15-17,20H,4-8,11,13-14,18H2,1-3H3,(H,28,31)/t20-/m0/s1. The lowest BCUT2D eigenvalue weighted by Gasteiger charge is -2.32. The van der Waals surface area contributed by atoms with Crippen molar-refractivity contribution in [3.8, 4) is 11.5 Å². The molecule has 0 bridgehead atoms. The largest absolute Gasteiger partial charge is 0.490 e. The van der Waals surface area contributed by atoms with Crippen LogP contribution in [0.3, 0.4) is 0 Å². The third kappa shape index (κ3) is 5.64. The molecule has 1 aliphatic rings. The van der Waals surface area contributed by atoms with Crippen molar-refractivity contribution in [1.29, 1.82) is 0 Å². The molecule has 0 spiro atoms. The zero-order chi connectivity index (χ0) is 24.8. The molecule has 2 aromatic heterocycles. The summed E-state index contributed by atoms with van der Waals surface area (Å²) in [6, 6.07) is 9.97. The number of nitrogens with zero attached hydrogens (tertiary/aromatic N) is 2. The Morgan fingerprint density at radius 2 is 1.89 bits per heavy atom. The molecule has 1 saturated heterocycles. The Bertz CT molecular complexity index is 1170. The number of hydrogen-bond donors (Lipinski definition) is 1. The lowest BCUT2D eigenvalue weighted by molar-refractivity contribution is -0.126. The SMILES string of the molecule is CCOc1ccc(CCNC(=O)[C@H]2CCCN(C(=O)c3cc4sccc4n3CC)C2)cc1OCC. The first-order valence-electron chi connectivity index (χ1n) is 12.6. The number of benzene rings is 1. The Morgan fingerprint density at radius 1 is 1.09 bits per heavy atom. The maximum absolute atomic E-state index is 13.3. The summed E-state index contributed by atoms with van der Waals surface area (Å²) >= 11 is 1.65. The van der Waals surface area contributed by atoms with Crippen LogP contribution < -0.4 is 14.8 Å². The maximum atomic E-state index is 13.3. The van der Waals surface area contributed by atoms with Crippen LogP contribution in [0.5, 0.6) is 11.5 Å². The summed E-state index contributed by atoms with van der Waals surface area (Å²) in [5.41, 5.74) is 2.91. The topological polar surface area (TPSA) is 72.8 Å².